The van der Waals surface area contributed by atoms with Gasteiger partial charge in [0.25, 0.3) is 0 Å². The van der Waals surface area contributed by atoms with Crippen LogP contribution in [0.1, 0.15) is 20.8 Å². The fraction of sp³-hybridized carbons (Fsp3) is 0.556. The highest BCUT2D eigenvalue weighted by Gasteiger charge is 2.16. The molecule has 3 nitrogen and oxygen atoms in total. The summed E-state index contributed by atoms with van der Waals surface area (Å²) in [7, 11) is 0. The fourth-order valence-corrected chi connectivity index (χ4v) is 0.966. The van der Waals surface area contributed by atoms with Crippen LogP contribution in [0.15, 0.2) is 22.3 Å². The zero-order valence-electron chi connectivity index (χ0n) is 7.86. The van der Waals surface area contributed by atoms with Gasteiger partial charge in [0.1, 0.15) is 11.8 Å². The van der Waals surface area contributed by atoms with Crippen LogP contribution in [0.25, 0.3) is 0 Å². The van der Waals surface area contributed by atoms with E-state index >= 15 is 0 Å². The van der Waals surface area contributed by atoms with E-state index in [1.165, 1.54) is 0 Å². The van der Waals surface area contributed by atoms with Gasteiger partial charge in [0.05, 0.1) is 6.04 Å². The first-order valence-corrected chi connectivity index (χ1v) is 3.96. The SMILES string of the molecule is C=C(O)C(N=CC)C(C)N=CC. The van der Waals surface area contributed by atoms with Crippen LogP contribution in [0.2, 0.25) is 0 Å². The third-order valence-electron chi connectivity index (χ3n) is 1.49. The number of aliphatic imine (C=N–C) groups is 2. The predicted molar refractivity (Wildman–Crippen MR) is 53.4 cm³/mol. The Bertz CT molecular complexity index is 197. The maximum Gasteiger partial charge on any atom is 0.128 e. The number of hydrogen-bond donors (Lipinski definition) is 1. The summed E-state index contributed by atoms with van der Waals surface area (Å²) in [6.45, 7) is 8.97. The Kier molecular flexibility index (Phi) is 5.00. The molecule has 0 aromatic rings. The van der Waals surface area contributed by atoms with Crippen molar-refractivity contribution in [3.05, 3.63) is 12.3 Å². The van der Waals surface area contributed by atoms with E-state index in [0.717, 1.165) is 0 Å². The molecule has 0 fully saturated rings. The molecule has 2 atom stereocenters. The van der Waals surface area contributed by atoms with Crippen molar-refractivity contribution in [2.24, 2.45) is 9.98 Å². The molecule has 68 valence electrons. The normalized spacial score (nSPS) is 16.9. The average Bonchev–Trinajstić information content (AvgIpc) is 1.99. The molecule has 0 aliphatic carbocycles. The van der Waals surface area contributed by atoms with Gasteiger partial charge in [0.2, 0.25) is 0 Å². The Morgan fingerprint density at radius 2 is 1.83 bits per heavy atom. The minimum Gasteiger partial charge on any atom is -0.511 e. The molecular formula is C9H16N2O. The van der Waals surface area contributed by atoms with Crippen LogP contribution in [0.4, 0.5) is 0 Å². The van der Waals surface area contributed by atoms with E-state index in [1.807, 2.05) is 13.8 Å². The summed E-state index contributed by atoms with van der Waals surface area (Å²) in [5.74, 6) is 0.0613. The molecule has 1 N–H and O–H groups in total. The first-order valence-electron chi connectivity index (χ1n) is 3.96. The Morgan fingerprint density at radius 1 is 1.33 bits per heavy atom. The number of rotatable bonds is 4. The Balaban J connectivity index is 4.39. The van der Waals surface area contributed by atoms with E-state index in [2.05, 4.69) is 16.6 Å². The smallest absolute Gasteiger partial charge is 0.128 e. The lowest BCUT2D eigenvalue weighted by Crippen LogP contribution is -2.21. The Labute approximate surface area is 73.6 Å². The van der Waals surface area contributed by atoms with Crippen molar-refractivity contribution in [2.45, 2.75) is 32.9 Å². The molecule has 2 unspecified atom stereocenters. The van der Waals surface area contributed by atoms with Gasteiger partial charge >= 0.3 is 0 Å². The van der Waals surface area contributed by atoms with Gasteiger partial charge in [-0.05, 0) is 33.2 Å². The van der Waals surface area contributed by atoms with E-state index in [1.54, 1.807) is 19.4 Å². The van der Waals surface area contributed by atoms with Gasteiger partial charge in [-0.15, -0.1) is 0 Å². The monoisotopic (exact) mass is 168 g/mol. The van der Waals surface area contributed by atoms with E-state index in [9.17, 15) is 0 Å². The van der Waals surface area contributed by atoms with Gasteiger partial charge in [-0.25, -0.2) is 0 Å². The third kappa shape index (κ3) is 3.32. The summed E-state index contributed by atoms with van der Waals surface area (Å²) >= 11 is 0. The number of aliphatic hydroxyl groups excluding tert-OH is 1. The topological polar surface area (TPSA) is 45.0 Å². The molecule has 3 heteroatoms. The molecule has 0 rings (SSSR count). The highest BCUT2D eigenvalue weighted by atomic mass is 16.3. The van der Waals surface area contributed by atoms with E-state index < -0.39 is 0 Å². The van der Waals surface area contributed by atoms with E-state index in [-0.39, 0.29) is 17.8 Å². The quantitative estimate of drug-likeness (QED) is 0.506. The van der Waals surface area contributed by atoms with Crippen LogP contribution in [0.3, 0.4) is 0 Å². The predicted octanol–water partition coefficient (Wildman–Crippen LogP) is 2.00. The third-order valence-corrected chi connectivity index (χ3v) is 1.49. The molecular weight excluding hydrogens is 152 g/mol. The zero-order valence-corrected chi connectivity index (χ0v) is 7.86. The molecule has 12 heavy (non-hydrogen) atoms. The average molecular weight is 168 g/mol. The van der Waals surface area contributed by atoms with Gasteiger partial charge in [0, 0.05) is 0 Å². The van der Waals surface area contributed by atoms with Crippen LogP contribution in [0.5, 0.6) is 0 Å². The highest BCUT2D eigenvalue weighted by Crippen LogP contribution is 2.09. The lowest BCUT2D eigenvalue weighted by molar-refractivity contribution is 0.355. The maximum absolute atomic E-state index is 9.16. The largest absolute Gasteiger partial charge is 0.511 e. The molecule has 0 radical (unpaired) electrons. The lowest BCUT2D eigenvalue weighted by Gasteiger charge is -2.14. The zero-order chi connectivity index (χ0) is 9.56. The highest BCUT2D eigenvalue weighted by molar-refractivity contribution is 5.55. The summed E-state index contributed by atoms with van der Waals surface area (Å²) in [6.07, 6.45) is 3.35. The number of hydrogen-bond acceptors (Lipinski definition) is 3. The van der Waals surface area contributed by atoms with Gasteiger partial charge in [0.15, 0.2) is 0 Å². The molecule has 0 aromatic heterocycles. The Hall–Kier alpha value is -1.12. The minimum absolute atomic E-state index is 0.0521. The summed E-state index contributed by atoms with van der Waals surface area (Å²) < 4.78 is 0. The summed E-state index contributed by atoms with van der Waals surface area (Å²) in [5.41, 5.74) is 0. The fourth-order valence-electron chi connectivity index (χ4n) is 0.966. The van der Waals surface area contributed by atoms with Crippen LogP contribution in [0, 0.1) is 0 Å². The molecule has 0 heterocycles. The standard InChI is InChI=1S/C9H16N2O/c1-5-10-7(3)9(8(4)12)11-6-2/h5-7,9,12H,4H2,1-3H3. The molecule has 0 aliphatic rings. The molecule has 0 saturated heterocycles. The minimum atomic E-state index is -0.314. The van der Waals surface area contributed by atoms with Crippen LogP contribution >= 0.6 is 0 Å². The van der Waals surface area contributed by atoms with Gasteiger partial charge in [-0.3, -0.25) is 9.98 Å². The van der Waals surface area contributed by atoms with E-state index in [0.29, 0.717) is 0 Å². The molecule has 0 spiro atoms. The van der Waals surface area contributed by atoms with E-state index in [4.69, 9.17) is 5.11 Å². The van der Waals surface area contributed by atoms with Crippen molar-refractivity contribution >= 4 is 12.4 Å². The van der Waals surface area contributed by atoms with Crippen molar-refractivity contribution in [1.29, 1.82) is 0 Å². The second-order valence-electron chi connectivity index (χ2n) is 2.49. The van der Waals surface area contributed by atoms with Crippen LogP contribution in [-0.4, -0.2) is 29.6 Å². The van der Waals surface area contributed by atoms with Crippen molar-refractivity contribution in [1.82, 2.24) is 0 Å². The van der Waals surface area contributed by atoms with Crippen molar-refractivity contribution in [2.75, 3.05) is 0 Å². The van der Waals surface area contributed by atoms with Crippen molar-refractivity contribution < 1.29 is 5.11 Å². The molecule has 0 saturated carbocycles. The Morgan fingerprint density at radius 3 is 2.17 bits per heavy atom. The first kappa shape index (κ1) is 10.9. The molecule has 0 aliphatic heterocycles. The van der Waals surface area contributed by atoms with Crippen molar-refractivity contribution in [3.63, 3.8) is 0 Å². The second-order valence-corrected chi connectivity index (χ2v) is 2.49. The van der Waals surface area contributed by atoms with Crippen molar-refractivity contribution in [3.8, 4) is 0 Å². The van der Waals surface area contributed by atoms with Crippen LogP contribution in [-0.2, 0) is 0 Å². The summed E-state index contributed by atoms with van der Waals surface area (Å²) in [4.78, 5) is 8.16. The maximum atomic E-state index is 9.16. The molecule has 0 bridgehead atoms. The van der Waals surface area contributed by atoms with Gasteiger partial charge < -0.3 is 5.11 Å². The van der Waals surface area contributed by atoms with Gasteiger partial charge in [-0.1, -0.05) is 6.58 Å². The summed E-state index contributed by atoms with van der Waals surface area (Å²) in [6, 6.07) is -0.366. The lowest BCUT2D eigenvalue weighted by atomic mass is 10.1. The molecule has 0 aromatic carbocycles. The number of nitrogens with zero attached hydrogens (tertiary/aromatic N) is 2. The van der Waals surface area contributed by atoms with Crippen LogP contribution < -0.4 is 0 Å². The summed E-state index contributed by atoms with van der Waals surface area (Å²) in [5, 5.41) is 9.16. The molecule has 0 amide bonds. The number of aliphatic hydroxyl groups is 1. The second kappa shape index (κ2) is 5.52. The van der Waals surface area contributed by atoms with Gasteiger partial charge in [-0.2, -0.15) is 0 Å². The first-order chi connectivity index (χ1) is 5.63.